The number of pyridine rings is 1. The summed E-state index contributed by atoms with van der Waals surface area (Å²) in [6.07, 6.45) is 10.7. The van der Waals surface area contributed by atoms with E-state index in [1.54, 1.807) is 0 Å². The third-order valence-corrected chi connectivity index (χ3v) is 2.97. The number of benzene rings is 1. The Kier molecular flexibility index (Phi) is 2.30. The molecule has 1 heterocycles. The van der Waals surface area contributed by atoms with E-state index >= 15 is 0 Å². The minimum atomic E-state index is 1.10. The summed E-state index contributed by atoms with van der Waals surface area (Å²) in [6, 6.07) is 10.5. The molecule has 0 saturated carbocycles. The van der Waals surface area contributed by atoms with Crippen LogP contribution >= 0.6 is 0 Å². The summed E-state index contributed by atoms with van der Waals surface area (Å²) < 4.78 is 0. The maximum atomic E-state index is 4.53. The fourth-order valence-electron chi connectivity index (χ4n) is 2.08. The first-order chi connectivity index (χ1) is 7.93. The molecule has 1 aliphatic carbocycles. The van der Waals surface area contributed by atoms with Crippen molar-refractivity contribution in [1.82, 2.24) is 4.98 Å². The van der Waals surface area contributed by atoms with E-state index in [9.17, 15) is 0 Å². The quantitative estimate of drug-likeness (QED) is 0.689. The second-order valence-electron chi connectivity index (χ2n) is 4.08. The summed E-state index contributed by atoms with van der Waals surface area (Å²) in [5, 5.41) is 2.47. The molecule has 0 radical (unpaired) electrons. The zero-order valence-electron chi connectivity index (χ0n) is 9.06. The predicted octanol–water partition coefficient (Wildman–Crippen LogP) is 3.97. The van der Waals surface area contributed by atoms with Gasteiger partial charge < -0.3 is 0 Å². The molecule has 0 bridgehead atoms. The first-order valence-corrected chi connectivity index (χ1v) is 5.64. The number of hydrogen-bond donors (Lipinski definition) is 0. The molecule has 1 aliphatic rings. The van der Waals surface area contributed by atoms with E-state index in [1.807, 2.05) is 12.3 Å². The average molecular weight is 207 g/mol. The van der Waals surface area contributed by atoms with Crippen LogP contribution in [0.3, 0.4) is 0 Å². The molecular formula is C15H13N. The maximum Gasteiger partial charge on any atom is 0.0668 e. The molecule has 0 unspecified atom stereocenters. The summed E-state index contributed by atoms with van der Waals surface area (Å²) in [5.74, 6) is 0. The first kappa shape index (κ1) is 9.34. The van der Waals surface area contributed by atoms with Gasteiger partial charge in [-0.15, -0.1) is 0 Å². The highest BCUT2D eigenvalue weighted by atomic mass is 14.7. The van der Waals surface area contributed by atoms with Crippen molar-refractivity contribution >= 4 is 16.3 Å². The Bertz CT molecular complexity index is 579. The summed E-state index contributed by atoms with van der Waals surface area (Å²) in [5.41, 5.74) is 2.45. The van der Waals surface area contributed by atoms with Crippen LogP contribution < -0.4 is 0 Å². The Morgan fingerprint density at radius 1 is 1.06 bits per heavy atom. The number of nitrogens with zero attached hydrogens (tertiary/aromatic N) is 1. The molecule has 1 aromatic carbocycles. The predicted molar refractivity (Wildman–Crippen MR) is 68.1 cm³/mol. The lowest BCUT2D eigenvalue weighted by Crippen LogP contribution is -1.91. The second-order valence-corrected chi connectivity index (χ2v) is 4.08. The Labute approximate surface area is 95.1 Å². The lowest BCUT2D eigenvalue weighted by Gasteiger charge is -2.08. The van der Waals surface area contributed by atoms with Crippen molar-refractivity contribution in [2.24, 2.45) is 0 Å². The Hall–Kier alpha value is -1.89. The molecule has 16 heavy (non-hydrogen) atoms. The van der Waals surface area contributed by atoms with Gasteiger partial charge in [0.05, 0.1) is 5.69 Å². The molecule has 0 spiro atoms. The topological polar surface area (TPSA) is 12.9 Å². The fourth-order valence-corrected chi connectivity index (χ4v) is 2.08. The van der Waals surface area contributed by atoms with E-state index in [0.717, 1.165) is 18.5 Å². The van der Waals surface area contributed by atoms with E-state index in [1.165, 1.54) is 16.3 Å². The van der Waals surface area contributed by atoms with Gasteiger partial charge in [0.1, 0.15) is 0 Å². The van der Waals surface area contributed by atoms with E-state index in [4.69, 9.17) is 0 Å². The standard InChI is InChI=1S/C15H13N/c1-2-6-12(7-3-1)15-10-13-8-4-5-9-14(13)11-16-15/h1-2,4-6,8-11H,3,7H2. The fraction of sp³-hybridized carbons (Fsp3) is 0.133. The lowest BCUT2D eigenvalue weighted by molar-refractivity contribution is 1.04. The van der Waals surface area contributed by atoms with Gasteiger partial charge in [-0.3, -0.25) is 4.98 Å². The minimum absolute atomic E-state index is 1.10. The summed E-state index contributed by atoms with van der Waals surface area (Å²) in [6.45, 7) is 0. The molecular weight excluding hydrogens is 194 g/mol. The van der Waals surface area contributed by atoms with Crippen LogP contribution in [0, 0.1) is 0 Å². The highest BCUT2D eigenvalue weighted by Gasteiger charge is 2.05. The third kappa shape index (κ3) is 1.65. The van der Waals surface area contributed by atoms with Crippen LogP contribution in [-0.2, 0) is 0 Å². The van der Waals surface area contributed by atoms with Crippen molar-refractivity contribution < 1.29 is 0 Å². The molecule has 1 heteroatoms. The van der Waals surface area contributed by atoms with Gasteiger partial charge in [-0.1, -0.05) is 42.5 Å². The number of fused-ring (bicyclic) bond motifs is 1. The molecule has 78 valence electrons. The third-order valence-electron chi connectivity index (χ3n) is 2.97. The van der Waals surface area contributed by atoms with Crippen molar-refractivity contribution in [3.8, 4) is 0 Å². The Balaban J connectivity index is 2.11. The second kappa shape index (κ2) is 3.93. The van der Waals surface area contributed by atoms with Gasteiger partial charge in [0.25, 0.3) is 0 Å². The molecule has 2 aromatic rings. The minimum Gasteiger partial charge on any atom is -0.256 e. The Morgan fingerprint density at radius 3 is 2.75 bits per heavy atom. The molecule has 0 atom stereocenters. The van der Waals surface area contributed by atoms with Gasteiger partial charge in [-0.25, -0.2) is 0 Å². The van der Waals surface area contributed by atoms with Crippen molar-refractivity contribution in [2.75, 3.05) is 0 Å². The van der Waals surface area contributed by atoms with Crippen molar-refractivity contribution in [3.63, 3.8) is 0 Å². The molecule has 0 fully saturated rings. The Morgan fingerprint density at radius 2 is 1.94 bits per heavy atom. The van der Waals surface area contributed by atoms with Crippen LogP contribution in [0.15, 0.2) is 54.8 Å². The van der Waals surface area contributed by atoms with Gasteiger partial charge in [0.2, 0.25) is 0 Å². The number of allylic oxidation sites excluding steroid dienone is 4. The zero-order chi connectivity index (χ0) is 10.8. The van der Waals surface area contributed by atoms with Gasteiger partial charge in [-0.05, 0) is 29.9 Å². The van der Waals surface area contributed by atoms with Gasteiger partial charge in [-0.2, -0.15) is 0 Å². The SMILES string of the molecule is C1=CCCC(c2cc3ccccc3cn2)=C1. The number of rotatable bonds is 1. The highest BCUT2D eigenvalue weighted by molar-refractivity contribution is 5.84. The van der Waals surface area contributed by atoms with E-state index in [0.29, 0.717) is 0 Å². The first-order valence-electron chi connectivity index (χ1n) is 5.64. The lowest BCUT2D eigenvalue weighted by atomic mass is 10.0. The maximum absolute atomic E-state index is 4.53. The smallest absolute Gasteiger partial charge is 0.0668 e. The summed E-state index contributed by atoms with van der Waals surface area (Å²) in [7, 11) is 0. The molecule has 0 aliphatic heterocycles. The van der Waals surface area contributed by atoms with Gasteiger partial charge >= 0.3 is 0 Å². The van der Waals surface area contributed by atoms with Crippen LogP contribution in [0.25, 0.3) is 16.3 Å². The van der Waals surface area contributed by atoms with Crippen LogP contribution in [0.1, 0.15) is 18.5 Å². The monoisotopic (exact) mass is 207 g/mol. The van der Waals surface area contributed by atoms with Gasteiger partial charge in [0, 0.05) is 11.6 Å². The van der Waals surface area contributed by atoms with Crippen LogP contribution in [0.2, 0.25) is 0 Å². The molecule has 0 N–H and O–H groups in total. The normalized spacial score (nSPS) is 15.1. The molecule has 1 nitrogen and oxygen atoms in total. The van der Waals surface area contributed by atoms with Crippen LogP contribution in [0.4, 0.5) is 0 Å². The number of hydrogen-bond acceptors (Lipinski definition) is 1. The molecule has 0 amide bonds. The van der Waals surface area contributed by atoms with Crippen molar-refractivity contribution in [2.45, 2.75) is 12.8 Å². The zero-order valence-corrected chi connectivity index (χ0v) is 9.06. The molecule has 1 aromatic heterocycles. The van der Waals surface area contributed by atoms with Crippen LogP contribution in [0.5, 0.6) is 0 Å². The largest absolute Gasteiger partial charge is 0.256 e. The van der Waals surface area contributed by atoms with Crippen molar-refractivity contribution in [1.29, 1.82) is 0 Å². The number of aromatic nitrogens is 1. The molecule has 0 saturated heterocycles. The summed E-state index contributed by atoms with van der Waals surface area (Å²) in [4.78, 5) is 4.53. The molecule has 3 rings (SSSR count). The van der Waals surface area contributed by atoms with Crippen LogP contribution in [-0.4, -0.2) is 4.98 Å². The van der Waals surface area contributed by atoms with E-state index < -0.39 is 0 Å². The average Bonchev–Trinajstić information content (AvgIpc) is 2.39. The van der Waals surface area contributed by atoms with Gasteiger partial charge in [0.15, 0.2) is 0 Å². The van der Waals surface area contributed by atoms with E-state index in [-0.39, 0.29) is 0 Å². The van der Waals surface area contributed by atoms with E-state index in [2.05, 4.69) is 47.5 Å². The highest BCUT2D eigenvalue weighted by Crippen LogP contribution is 2.24. The summed E-state index contributed by atoms with van der Waals surface area (Å²) >= 11 is 0. The van der Waals surface area contributed by atoms with Crippen molar-refractivity contribution in [3.05, 3.63) is 60.5 Å².